The average Bonchev–Trinajstić information content (AvgIpc) is 2.24. The van der Waals surface area contributed by atoms with Gasteiger partial charge in [-0.1, -0.05) is 13.8 Å². The van der Waals surface area contributed by atoms with Crippen molar-refractivity contribution in [3.63, 3.8) is 0 Å². The van der Waals surface area contributed by atoms with Crippen LogP contribution in [0.15, 0.2) is 12.3 Å². The number of aryl methyl sites for hydroxylation is 2. The van der Waals surface area contributed by atoms with E-state index in [1.54, 1.807) is 6.20 Å². The topological polar surface area (TPSA) is 51.2 Å². The van der Waals surface area contributed by atoms with Crippen LogP contribution in [0.1, 0.15) is 25.0 Å². The highest BCUT2D eigenvalue weighted by molar-refractivity contribution is 5.92. The van der Waals surface area contributed by atoms with E-state index in [0.29, 0.717) is 19.0 Å². The van der Waals surface area contributed by atoms with E-state index < -0.39 is 0 Å². The fourth-order valence-corrected chi connectivity index (χ4v) is 1.31. The average molecular weight is 236 g/mol. The zero-order valence-corrected chi connectivity index (χ0v) is 10.9. The molecule has 0 spiro atoms. The lowest BCUT2D eigenvalue weighted by molar-refractivity contribution is -0.133. The van der Waals surface area contributed by atoms with Gasteiger partial charge in [0, 0.05) is 6.20 Å². The molecule has 1 aliphatic rings. The van der Waals surface area contributed by atoms with Crippen molar-refractivity contribution in [3.8, 4) is 0 Å². The molecule has 17 heavy (non-hydrogen) atoms. The van der Waals surface area contributed by atoms with Gasteiger partial charge >= 0.3 is 0 Å². The molecule has 0 bridgehead atoms. The lowest BCUT2D eigenvalue weighted by Gasteiger charge is -2.24. The minimum absolute atomic E-state index is 0.00277. The Balaban J connectivity index is 0.000000686. The highest BCUT2D eigenvalue weighted by Crippen LogP contribution is 2.15. The summed E-state index contributed by atoms with van der Waals surface area (Å²) < 4.78 is 4.96. The third kappa shape index (κ3) is 3.53. The minimum atomic E-state index is -0.00610. The maximum atomic E-state index is 11.6. The Labute approximate surface area is 102 Å². The van der Waals surface area contributed by atoms with Gasteiger partial charge in [-0.2, -0.15) is 0 Å². The van der Waals surface area contributed by atoms with E-state index in [9.17, 15) is 4.79 Å². The third-order valence-corrected chi connectivity index (χ3v) is 2.63. The first-order valence-corrected chi connectivity index (χ1v) is 5.98. The molecular formula is C13H20N2O2. The smallest absolute Gasteiger partial charge is 0.233 e. The molecule has 1 aliphatic heterocycles. The third-order valence-electron chi connectivity index (χ3n) is 2.63. The van der Waals surface area contributed by atoms with Gasteiger partial charge in [-0.25, -0.2) is 4.98 Å². The fraction of sp³-hybridized carbons (Fsp3) is 0.538. The molecule has 0 aromatic carbocycles. The Morgan fingerprint density at radius 3 is 2.47 bits per heavy atom. The van der Waals surface area contributed by atoms with Crippen LogP contribution in [0.2, 0.25) is 0 Å². The molecule has 1 amide bonds. The molecule has 0 radical (unpaired) electrons. The lowest BCUT2D eigenvalue weighted by Crippen LogP contribution is -2.38. The van der Waals surface area contributed by atoms with Crippen LogP contribution in [0.3, 0.4) is 0 Å². The molecular weight excluding hydrogens is 216 g/mol. The number of carbonyl (C=O) groups excluding carboxylic acids is 1. The zero-order valence-electron chi connectivity index (χ0n) is 10.9. The number of pyridine rings is 1. The van der Waals surface area contributed by atoms with E-state index in [-0.39, 0.29) is 11.8 Å². The molecule has 2 heterocycles. The van der Waals surface area contributed by atoms with Crippen molar-refractivity contribution in [1.82, 2.24) is 4.98 Å². The van der Waals surface area contributed by atoms with Gasteiger partial charge in [-0.15, -0.1) is 0 Å². The first-order valence-electron chi connectivity index (χ1n) is 5.98. The molecule has 0 saturated carbocycles. The maximum Gasteiger partial charge on any atom is 0.233 e. The van der Waals surface area contributed by atoms with Gasteiger partial charge in [0.05, 0.1) is 19.1 Å². The van der Waals surface area contributed by atoms with Crippen LogP contribution in [0.25, 0.3) is 0 Å². The second-order valence-corrected chi connectivity index (χ2v) is 3.88. The largest absolute Gasteiger partial charge is 0.380 e. The summed E-state index contributed by atoms with van der Waals surface area (Å²) in [6.45, 7) is 9.04. The molecule has 0 aliphatic carbocycles. The minimum Gasteiger partial charge on any atom is -0.380 e. The molecule has 1 N–H and O–H groups in total. The van der Waals surface area contributed by atoms with Crippen LogP contribution < -0.4 is 5.32 Å². The molecule has 94 valence electrons. The molecule has 1 aromatic heterocycles. The molecule has 1 saturated heterocycles. The Hall–Kier alpha value is -1.42. The van der Waals surface area contributed by atoms with Gasteiger partial charge in [0.1, 0.15) is 5.82 Å². The lowest BCUT2D eigenvalue weighted by atomic mass is 10.1. The fourth-order valence-electron chi connectivity index (χ4n) is 1.31. The number of carbonyl (C=O) groups is 1. The standard InChI is InChI=1S/C11H14N2O2.C2H6/c1-7-3-10(12-4-8(7)2)13-11(14)9-5-15-6-9;1-2/h3-4,9H,5-6H2,1-2H3,(H,12,13,14);1-2H3. The monoisotopic (exact) mass is 236 g/mol. The summed E-state index contributed by atoms with van der Waals surface area (Å²) in [5, 5.41) is 2.78. The van der Waals surface area contributed by atoms with E-state index in [0.717, 1.165) is 11.1 Å². The van der Waals surface area contributed by atoms with Crippen LogP contribution in [0.5, 0.6) is 0 Å². The maximum absolute atomic E-state index is 11.6. The van der Waals surface area contributed by atoms with Crippen LogP contribution in [-0.4, -0.2) is 24.1 Å². The van der Waals surface area contributed by atoms with Crippen molar-refractivity contribution in [2.75, 3.05) is 18.5 Å². The molecule has 2 rings (SSSR count). The number of nitrogens with zero attached hydrogens (tertiary/aromatic N) is 1. The quantitative estimate of drug-likeness (QED) is 0.857. The van der Waals surface area contributed by atoms with Crippen LogP contribution in [0.4, 0.5) is 5.82 Å². The van der Waals surface area contributed by atoms with Gasteiger partial charge in [0.25, 0.3) is 0 Å². The van der Waals surface area contributed by atoms with Crippen molar-refractivity contribution in [2.24, 2.45) is 5.92 Å². The zero-order chi connectivity index (χ0) is 12.8. The first-order chi connectivity index (χ1) is 8.16. The van der Waals surface area contributed by atoms with Crippen molar-refractivity contribution in [1.29, 1.82) is 0 Å². The summed E-state index contributed by atoms with van der Waals surface area (Å²) in [5.41, 5.74) is 2.25. The first kappa shape index (κ1) is 13.6. The van der Waals surface area contributed by atoms with Crippen molar-refractivity contribution < 1.29 is 9.53 Å². The van der Waals surface area contributed by atoms with Gasteiger partial charge < -0.3 is 10.1 Å². The van der Waals surface area contributed by atoms with Gasteiger partial charge in [0.15, 0.2) is 0 Å². The van der Waals surface area contributed by atoms with Crippen LogP contribution in [-0.2, 0) is 9.53 Å². The van der Waals surface area contributed by atoms with Crippen LogP contribution >= 0.6 is 0 Å². The summed E-state index contributed by atoms with van der Waals surface area (Å²) >= 11 is 0. The predicted molar refractivity (Wildman–Crippen MR) is 68.0 cm³/mol. The second kappa shape index (κ2) is 6.35. The number of nitrogens with one attached hydrogen (secondary N) is 1. The molecule has 0 unspecified atom stereocenters. The van der Waals surface area contributed by atoms with Gasteiger partial charge in [0.2, 0.25) is 5.91 Å². The summed E-state index contributed by atoms with van der Waals surface area (Å²) in [6.07, 6.45) is 1.77. The number of aromatic nitrogens is 1. The van der Waals surface area contributed by atoms with Gasteiger partial charge in [-0.3, -0.25) is 4.79 Å². The van der Waals surface area contributed by atoms with Gasteiger partial charge in [-0.05, 0) is 31.0 Å². The van der Waals surface area contributed by atoms with E-state index >= 15 is 0 Å². The Morgan fingerprint density at radius 1 is 1.35 bits per heavy atom. The van der Waals surface area contributed by atoms with E-state index in [1.165, 1.54) is 0 Å². The summed E-state index contributed by atoms with van der Waals surface area (Å²) in [6, 6.07) is 1.88. The number of rotatable bonds is 2. The normalized spacial score (nSPS) is 14.4. The number of amides is 1. The molecule has 0 atom stereocenters. The highest BCUT2D eigenvalue weighted by atomic mass is 16.5. The molecule has 1 aromatic rings. The number of ether oxygens (including phenoxy) is 1. The second-order valence-electron chi connectivity index (χ2n) is 3.88. The van der Waals surface area contributed by atoms with Crippen LogP contribution in [0, 0.1) is 19.8 Å². The molecule has 4 nitrogen and oxygen atoms in total. The van der Waals surface area contributed by atoms with E-state index in [2.05, 4.69) is 10.3 Å². The number of anilines is 1. The summed E-state index contributed by atoms with van der Waals surface area (Å²) in [4.78, 5) is 15.7. The van der Waals surface area contributed by atoms with Crippen molar-refractivity contribution >= 4 is 11.7 Å². The highest BCUT2D eigenvalue weighted by Gasteiger charge is 2.26. The molecule has 4 heteroatoms. The Morgan fingerprint density at radius 2 is 2.00 bits per heavy atom. The SMILES string of the molecule is CC.Cc1cnc(NC(=O)C2COC2)cc1C. The van der Waals surface area contributed by atoms with Crippen molar-refractivity contribution in [3.05, 3.63) is 23.4 Å². The molecule has 1 fully saturated rings. The number of hydrogen-bond donors (Lipinski definition) is 1. The predicted octanol–water partition coefficient (Wildman–Crippen LogP) is 2.31. The number of hydrogen-bond acceptors (Lipinski definition) is 3. The Bertz CT molecular complexity index is 387. The van der Waals surface area contributed by atoms with E-state index in [4.69, 9.17) is 4.74 Å². The Kier molecular flexibility index (Phi) is 5.10. The summed E-state index contributed by atoms with van der Waals surface area (Å²) in [5.74, 6) is 0.611. The van der Waals surface area contributed by atoms with E-state index in [1.807, 2.05) is 33.8 Å². The summed E-state index contributed by atoms with van der Waals surface area (Å²) in [7, 11) is 0. The van der Waals surface area contributed by atoms with Crippen molar-refractivity contribution in [2.45, 2.75) is 27.7 Å².